The van der Waals surface area contributed by atoms with Gasteiger partial charge in [0, 0.05) is 13.5 Å². The van der Waals surface area contributed by atoms with Crippen LogP contribution < -0.4 is 0 Å². The third kappa shape index (κ3) is 4.10. The molecule has 0 fully saturated rings. The zero-order valence-corrected chi connectivity index (χ0v) is 15.3. The van der Waals surface area contributed by atoms with E-state index in [1.807, 2.05) is 12.1 Å². The van der Waals surface area contributed by atoms with E-state index in [0.29, 0.717) is 18.9 Å². The number of rotatable bonds is 7. The number of methoxy groups -OCH3 is 1. The van der Waals surface area contributed by atoms with Crippen LogP contribution in [0.15, 0.2) is 65.7 Å². The summed E-state index contributed by atoms with van der Waals surface area (Å²) in [4.78, 5) is 4.80. The molecule has 3 rings (SSSR count). The topological polar surface area (TPSA) is 30.8 Å². The van der Waals surface area contributed by atoms with E-state index in [9.17, 15) is 0 Å². The Balaban J connectivity index is 1.93. The van der Waals surface area contributed by atoms with Crippen molar-refractivity contribution in [2.45, 2.75) is 38.3 Å². The predicted molar refractivity (Wildman–Crippen MR) is 102 cm³/mol. The van der Waals surface area contributed by atoms with E-state index < -0.39 is 5.60 Å². The maximum absolute atomic E-state index is 6.12. The van der Waals surface area contributed by atoms with Crippen molar-refractivity contribution in [1.82, 2.24) is 0 Å². The van der Waals surface area contributed by atoms with E-state index in [1.165, 1.54) is 5.56 Å². The quantitative estimate of drug-likeness (QED) is 0.738. The molecule has 0 amide bonds. The largest absolute Gasteiger partial charge is 0.479 e. The van der Waals surface area contributed by atoms with Crippen LogP contribution in [0.1, 0.15) is 31.4 Å². The van der Waals surface area contributed by atoms with E-state index in [-0.39, 0.29) is 6.04 Å². The van der Waals surface area contributed by atoms with Gasteiger partial charge in [-0.2, -0.15) is 0 Å². The van der Waals surface area contributed by atoms with Gasteiger partial charge in [0.25, 0.3) is 0 Å². The number of hydrogen-bond acceptors (Lipinski definition) is 3. The highest BCUT2D eigenvalue weighted by atomic mass is 16.5. The molecule has 3 nitrogen and oxygen atoms in total. The first-order valence-electron chi connectivity index (χ1n) is 8.97. The molecule has 2 aromatic rings. The number of nitrogens with zero attached hydrogens (tertiary/aromatic N) is 1. The summed E-state index contributed by atoms with van der Waals surface area (Å²) in [6.07, 6.45) is 1.43. The highest BCUT2D eigenvalue weighted by Crippen LogP contribution is 2.35. The number of aliphatic imine (C=N–C) groups is 1. The molecule has 2 atom stereocenters. The van der Waals surface area contributed by atoms with Crippen LogP contribution in [0.5, 0.6) is 0 Å². The summed E-state index contributed by atoms with van der Waals surface area (Å²) < 4.78 is 12.0. The van der Waals surface area contributed by atoms with Crippen LogP contribution in [0, 0.1) is 5.92 Å². The predicted octanol–water partition coefficient (Wildman–Crippen LogP) is 4.61. The van der Waals surface area contributed by atoms with Gasteiger partial charge >= 0.3 is 0 Å². The van der Waals surface area contributed by atoms with Crippen LogP contribution in [0.2, 0.25) is 0 Å². The van der Waals surface area contributed by atoms with Crippen molar-refractivity contribution in [3.63, 3.8) is 0 Å². The monoisotopic (exact) mass is 337 g/mol. The van der Waals surface area contributed by atoms with Gasteiger partial charge in [-0.15, -0.1) is 0 Å². The zero-order chi connectivity index (χ0) is 17.7. The van der Waals surface area contributed by atoms with E-state index in [4.69, 9.17) is 14.5 Å². The third-order valence-corrected chi connectivity index (χ3v) is 4.96. The molecule has 1 aliphatic rings. The van der Waals surface area contributed by atoms with Gasteiger partial charge in [-0.05, 0) is 17.0 Å². The van der Waals surface area contributed by atoms with Crippen LogP contribution >= 0.6 is 0 Å². The maximum Gasteiger partial charge on any atom is 0.186 e. The highest BCUT2D eigenvalue weighted by molar-refractivity contribution is 5.79. The van der Waals surface area contributed by atoms with Gasteiger partial charge < -0.3 is 9.47 Å². The first kappa shape index (κ1) is 17.7. The van der Waals surface area contributed by atoms with Crippen LogP contribution in [0.25, 0.3) is 0 Å². The Labute approximate surface area is 150 Å². The minimum absolute atomic E-state index is 0.247. The lowest BCUT2D eigenvalue weighted by Crippen LogP contribution is -2.34. The molecule has 0 spiro atoms. The van der Waals surface area contributed by atoms with Gasteiger partial charge in [0.1, 0.15) is 12.2 Å². The van der Waals surface area contributed by atoms with Gasteiger partial charge in [-0.1, -0.05) is 74.5 Å². The fourth-order valence-electron chi connectivity index (χ4n) is 3.32. The summed E-state index contributed by atoms with van der Waals surface area (Å²) in [6, 6.07) is 21.1. The summed E-state index contributed by atoms with van der Waals surface area (Å²) in [5.41, 5.74) is 1.92. The van der Waals surface area contributed by atoms with Gasteiger partial charge in [0.15, 0.2) is 5.90 Å². The van der Waals surface area contributed by atoms with Crippen molar-refractivity contribution >= 4 is 5.90 Å². The molecule has 0 N–H and O–H groups in total. The summed E-state index contributed by atoms with van der Waals surface area (Å²) in [7, 11) is 1.78. The Hall–Kier alpha value is -2.13. The van der Waals surface area contributed by atoms with Crippen LogP contribution in [-0.4, -0.2) is 25.7 Å². The number of benzene rings is 2. The Morgan fingerprint density at radius 3 is 2.24 bits per heavy atom. The molecule has 2 aromatic carbocycles. The van der Waals surface area contributed by atoms with E-state index in [2.05, 4.69) is 62.4 Å². The van der Waals surface area contributed by atoms with Crippen molar-refractivity contribution in [3.05, 3.63) is 71.8 Å². The number of hydrogen-bond donors (Lipinski definition) is 0. The average Bonchev–Trinajstić information content (AvgIpc) is 3.11. The van der Waals surface area contributed by atoms with Crippen molar-refractivity contribution in [3.8, 4) is 0 Å². The van der Waals surface area contributed by atoms with E-state index >= 15 is 0 Å². The Bertz CT molecular complexity index is 696. The fourth-order valence-corrected chi connectivity index (χ4v) is 3.32. The zero-order valence-electron chi connectivity index (χ0n) is 15.3. The second-order valence-corrected chi connectivity index (χ2v) is 7.05. The molecule has 132 valence electrons. The highest BCUT2D eigenvalue weighted by Gasteiger charge is 2.36. The lowest BCUT2D eigenvalue weighted by atomic mass is 9.84. The molecule has 25 heavy (non-hydrogen) atoms. The Morgan fingerprint density at radius 2 is 1.68 bits per heavy atom. The van der Waals surface area contributed by atoms with Gasteiger partial charge in [-0.3, -0.25) is 0 Å². The van der Waals surface area contributed by atoms with Crippen LogP contribution in [0.4, 0.5) is 0 Å². The first-order chi connectivity index (χ1) is 12.1. The Kier molecular flexibility index (Phi) is 5.54. The summed E-state index contributed by atoms with van der Waals surface area (Å²) >= 11 is 0. The van der Waals surface area contributed by atoms with Crippen molar-refractivity contribution in [1.29, 1.82) is 0 Å². The maximum atomic E-state index is 6.12. The average molecular weight is 337 g/mol. The lowest BCUT2D eigenvalue weighted by molar-refractivity contribution is -0.0120. The van der Waals surface area contributed by atoms with Crippen molar-refractivity contribution in [2.75, 3.05) is 13.7 Å². The first-order valence-corrected chi connectivity index (χ1v) is 8.97. The summed E-state index contributed by atoms with van der Waals surface area (Å²) in [5.74, 6) is 1.29. The van der Waals surface area contributed by atoms with Crippen LogP contribution in [0.3, 0.4) is 0 Å². The van der Waals surface area contributed by atoms with Crippen molar-refractivity contribution < 1.29 is 9.47 Å². The third-order valence-electron chi connectivity index (χ3n) is 4.96. The van der Waals surface area contributed by atoms with E-state index in [0.717, 1.165) is 17.9 Å². The van der Waals surface area contributed by atoms with Crippen LogP contribution in [-0.2, 0) is 21.5 Å². The van der Waals surface area contributed by atoms with Gasteiger partial charge in [0.05, 0.1) is 12.5 Å². The molecule has 0 aromatic heterocycles. The summed E-state index contributed by atoms with van der Waals surface area (Å²) in [5, 5.41) is 0. The fraction of sp³-hybridized carbons (Fsp3) is 0.409. The molecule has 0 aliphatic carbocycles. The molecule has 1 heterocycles. The molecule has 0 bridgehead atoms. The second kappa shape index (κ2) is 7.83. The second-order valence-electron chi connectivity index (χ2n) is 7.05. The smallest absolute Gasteiger partial charge is 0.186 e. The standard InChI is InChI=1S/C22H27NO2/c1-17(2)20-16-25-21(23-20)15-22(24-3,19-12-8-5-9-13-19)14-18-10-6-4-7-11-18/h4-13,17,20H,14-16H2,1-3H3/t20-,22+/m1/s1. The minimum atomic E-state index is -0.479. The lowest BCUT2D eigenvalue weighted by Gasteiger charge is -2.33. The SMILES string of the molecule is CO[C@](CC1=N[C@@H](C(C)C)CO1)(Cc1ccccc1)c1ccccc1. The molecular weight excluding hydrogens is 310 g/mol. The van der Waals surface area contributed by atoms with Gasteiger partial charge in [0.2, 0.25) is 0 Å². The molecule has 1 aliphatic heterocycles. The normalized spacial score (nSPS) is 19.4. The Morgan fingerprint density at radius 1 is 1.04 bits per heavy atom. The molecule has 0 saturated carbocycles. The molecule has 0 unspecified atom stereocenters. The minimum Gasteiger partial charge on any atom is -0.479 e. The van der Waals surface area contributed by atoms with E-state index in [1.54, 1.807) is 7.11 Å². The van der Waals surface area contributed by atoms with Crippen molar-refractivity contribution in [2.24, 2.45) is 10.9 Å². The molecule has 0 saturated heterocycles. The summed E-state index contributed by atoms with van der Waals surface area (Å²) in [6.45, 7) is 5.04. The molecule has 3 heteroatoms. The van der Waals surface area contributed by atoms with Gasteiger partial charge in [-0.25, -0.2) is 4.99 Å². The number of ether oxygens (including phenoxy) is 2. The molecular formula is C22H27NO2. The molecule has 0 radical (unpaired) electrons.